The second kappa shape index (κ2) is 13.3. The molecule has 0 spiro atoms. The number of hydrogen-bond donors (Lipinski definition) is 0. The SMILES string of the molecule is COC(=O)CN(C(=O)C(CCc1ccccc1)CSC(C)=O)c1ccccc1Oc1ccccc1. The van der Waals surface area contributed by atoms with Gasteiger partial charge in [-0.25, -0.2) is 0 Å². The largest absolute Gasteiger partial charge is 0.468 e. The molecule has 3 aromatic carbocycles. The van der Waals surface area contributed by atoms with Crippen molar-refractivity contribution in [2.24, 2.45) is 5.92 Å². The smallest absolute Gasteiger partial charge is 0.325 e. The van der Waals surface area contributed by atoms with Gasteiger partial charge in [0.2, 0.25) is 5.91 Å². The molecular formula is C28H29NO5S. The maximum atomic E-state index is 13.9. The van der Waals surface area contributed by atoms with E-state index in [1.807, 2.05) is 60.7 Å². The summed E-state index contributed by atoms with van der Waals surface area (Å²) < 4.78 is 10.9. The van der Waals surface area contributed by atoms with E-state index in [1.165, 1.54) is 18.9 Å². The summed E-state index contributed by atoms with van der Waals surface area (Å²) in [4.78, 5) is 39.3. The molecular weight excluding hydrogens is 462 g/mol. The molecule has 0 aliphatic rings. The number of benzene rings is 3. The standard InChI is InChI=1S/C28H29NO5S/c1-21(30)35-20-23(18-17-22-11-5-3-6-12-22)28(32)29(19-27(31)33-2)25-15-9-10-16-26(25)34-24-13-7-4-8-14-24/h3-16,23H,17-20H2,1-2H3. The number of esters is 1. The minimum Gasteiger partial charge on any atom is -0.468 e. The topological polar surface area (TPSA) is 72.9 Å². The Labute approximate surface area is 210 Å². The molecule has 0 N–H and O–H groups in total. The molecule has 0 aromatic heterocycles. The van der Waals surface area contributed by atoms with Crippen LogP contribution in [0, 0.1) is 5.92 Å². The lowest BCUT2D eigenvalue weighted by Crippen LogP contribution is -2.41. The van der Waals surface area contributed by atoms with Crippen LogP contribution in [0.25, 0.3) is 0 Å². The lowest BCUT2D eigenvalue weighted by molar-refractivity contribution is -0.140. The number of para-hydroxylation sites is 3. The van der Waals surface area contributed by atoms with E-state index in [-0.39, 0.29) is 17.6 Å². The highest BCUT2D eigenvalue weighted by atomic mass is 32.2. The van der Waals surface area contributed by atoms with Gasteiger partial charge in [-0.1, -0.05) is 72.4 Å². The molecule has 6 nitrogen and oxygen atoms in total. The van der Waals surface area contributed by atoms with Gasteiger partial charge in [-0.15, -0.1) is 0 Å². The van der Waals surface area contributed by atoms with Gasteiger partial charge in [0.05, 0.1) is 12.8 Å². The van der Waals surface area contributed by atoms with Crippen LogP contribution in [-0.4, -0.2) is 36.4 Å². The number of methoxy groups -OCH3 is 1. The van der Waals surface area contributed by atoms with Crippen LogP contribution < -0.4 is 9.64 Å². The fourth-order valence-electron chi connectivity index (χ4n) is 3.56. The molecule has 0 radical (unpaired) electrons. The molecule has 3 aromatic rings. The molecule has 35 heavy (non-hydrogen) atoms. The summed E-state index contributed by atoms with van der Waals surface area (Å²) in [7, 11) is 1.29. The molecule has 3 rings (SSSR count). The van der Waals surface area contributed by atoms with Gasteiger partial charge in [0.25, 0.3) is 0 Å². The number of ether oxygens (including phenoxy) is 2. The van der Waals surface area contributed by atoms with Crippen molar-refractivity contribution in [1.82, 2.24) is 0 Å². The predicted molar refractivity (Wildman–Crippen MR) is 139 cm³/mol. The number of hydrogen-bond acceptors (Lipinski definition) is 6. The highest BCUT2D eigenvalue weighted by molar-refractivity contribution is 8.13. The second-order valence-electron chi connectivity index (χ2n) is 7.91. The average molecular weight is 492 g/mol. The van der Waals surface area contributed by atoms with E-state index in [0.29, 0.717) is 35.8 Å². The lowest BCUT2D eigenvalue weighted by atomic mass is 9.99. The minimum atomic E-state index is -0.547. The van der Waals surface area contributed by atoms with Gasteiger partial charge in [-0.05, 0) is 42.7 Å². The molecule has 0 bridgehead atoms. The summed E-state index contributed by atoms with van der Waals surface area (Å²) >= 11 is 1.11. The first-order valence-corrected chi connectivity index (χ1v) is 12.3. The molecule has 1 atom stereocenters. The van der Waals surface area contributed by atoms with Crippen LogP contribution in [0.1, 0.15) is 18.9 Å². The summed E-state index contributed by atoms with van der Waals surface area (Å²) in [5, 5.41) is -0.0603. The van der Waals surface area contributed by atoms with Crippen molar-refractivity contribution in [2.45, 2.75) is 19.8 Å². The normalized spacial score (nSPS) is 11.4. The van der Waals surface area contributed by atoms with Crippen molar-refractivity contribution in [3.8, 4) is 11.5 Å². The van der Waals surface area contributed by atoms with Gasteiger partial charge in [-0.2, -0.15) is 0 Å². The number of carbonyl (C=O) groups excluding carboxylic acids is 3. The van der Waals surface area contributed by atoms with Crippen LogP contribution in [0.5, 0.6) is 11.5 Å². The van der Waals surface area contributed by atoms with Crippen molar-refractivity contribution in [1.29, 1.82) is 0 Å². The molecule has 1 unspecified atom stereocenters. The Balaban J connectivity index is 1.92. The Kier molecular flexibility index (Phi) is 9.93. The van der Waals surface area contributed by atoms with Crippen LogP contribution in [0.2, 0.25) is 0 Å². The summed E-state index contributed by atoms with van der Waals surface area (Å²) in [6.07, 6.45) is 1.20. The average Bonchev–Trinajstić information content (AvgIpc) is 2.88. The quantitative estimate of drug-likeness (QED) is 0.329. The molecule has 0 heterocycles. The van der Waals surface area contributed by atoms with Crippen LogP contribution in [-0.2, 0) is 25.5 Å². The Bertz CT molecular complexity index is 1120. The number of thioether (sulfide) groups is 1. The van der Waals surface area contributed by atoms with Crippen molar-refractivity contribution >= 4 is 34.4 Å². The zero-order chi connectivity index (χ0) is 25.0. The van der Waals surface area contributed by atoms with E-state index in [9.17, 15) is 14.4 Å². The molecule has 1 amide bonds. The van der Waals surface area contributed by atoms with Crippen LogP contribution in [0.3, 0.4) is 0 Å². The van der Waals surface area contributed by atoms with E-state index in [1.54, 1.807) is 24.3 Å². The fourth-order valence-corrected chi connectivity index (χ4v) is 4.30. The maximum Gasteiger partial charge on any atom is 0.325 e. The van der Waals surface area contributed by atoms with E-state index >= 15 is 0 Å². The van der Waals surface area contributed by atoms with Crippen LogP contribution in [0.4, 0.5) is 5.69 Å². The summed E-state index contributed by atoms with van der Waals surface area (Å²) in [5.41, 5.74) is 1.56. The molecule has 0 fully saturated rings. The first kappa shape index (κ1) is 26.0. The first-order chi connectivity index (χ1) is 17.0. The molecule has 7 heteroatoms. The van der Waals surface area contributed by atoms with Gasteiger partial charge in [0.15, 0.2) is 10.9 Å². The molecule has 0 saturated heterocycles. The number of amides is 1. The zero-order valence-corrected chi connectivity index (χ0v) is 20.7. The Morgan fingerprint density at radius 3 is 2.17 bits per heavy atom. The van der Waals surface area contributed by atoms with Crippen molar-refractivity contribution in [2.75, 3.05) is 24.3 Å². The van der Waals surface area contributed by atoms with E-state index in [4.69, 9.17) is 9.47 Å². The Morgan fingerprint density at radius 2 is 1.51 bits per heavy atom. The van der Waals surface area contributed by atoms with Crippen LogP contribution in [0.15, 0.2) is 84.9 Å². The third kappa shape index (κ3) is 8.00. The second-order valence-corrected chi connectivity index (χ2v) is 9.10. The minimum absolute atomic E-state index is 0.0603. The highest BCUT2D eigenvalue weighted by Crippen LogP contribution is 2.34. The molecule has 0 aliphatic carbocycles. The van der Waals surface area contributed by atoms with E-state index in [2.05, 4.69) is 0 Å². The van der Waals surface area contributed by atoms with Gasteiger partial charge in [0, 0.05) is 18.6 Å². The number of carbonyl (C=O) groups is 3. The molecule has 0 saturated carbocycles. The monoisotopic (exact) mass is 491 g/mol. The number of anilines is 1. The van der Waals surface area contributed by atoms with Gasteiger partial charge in [0.1, 0.15) is 12.3 Å². The third-order valence-corrected chi connectivity index (χ3v) is 6.34. The Hall–Kier alpha value is -3.58. The van der Waals surface area contributed by atoms with Gasteiger partial charge in [-0.3, -0.25) is 19.3 Å². The summed E-state index contributed by atoms with van der Waals surface area (Å²) in [6, 6.07) is 26.2. The van der Waals surface area contributed by atoms with Gasteiger partial charge < -0.3 is 9.47 Å². The van der Waals surface area contributed by atoms with E-state index < -0.39 is 11.9 Å². The number of aryl methyl sites for hydroxylation is 1. The number of rotatable bonds is 11. The maximum absolute atomic E-state index is 13.9. The Morgan fingerprint density at radius 1 is 0.886 bits per heavy atom. The van der Waals surface area contributed by atoms with Crippen molar-refractivity contribution in [3.05, 3.63) is 90.5 Å². The number of nitrogens with zero attached hydrogens (tertiary/aromatic N) is 1. The third-order valence-electron chi connectivity index (χ3n) is 5.37. The molecule has 0 aliphatic heterocycles. The van der Waals surface area contributed by atoms with Gasteiger partial charge >= 0.3 is 5.97 Å². The fraction of sp³-hybridized carbons (Fsp3) is 0.250. The molecule has 182 valence electrons. The van der Waals surface area contributed by atoms with Crippen LogP contribution >= 0.6 is 11.8 Å². The first-order valence-electron chi connectivity index (χ1n) is 11.4. The zero-order valence-electron chi connectivity index (χ0n) is 19.9. The summed E-state index contributed by atoms with van der Waals surface area (Å²) in [5.74, 6) is 0.0761. The van der Waals surface area contributed by atoms with Crippen molar-refractivity contribution in [3.63, 3.8) is 0 Å². The lowest BCUT2D eigenvalue weighted by Gasteiger charge is -2.28. The summed E-state index contributed by atoms with van der Waals surface area (Å²) in [6.45, 7) is 1.22. The highest BCUT2D eigenvalue weighted by Gasteiger charge is 2.29. The van der Waals surface area contributed by atoms with Crippen molar-refractivity contribution < 1.29 is 23.9 Å². The van der Waals surface area contributed by atoms with E-state index in [0.717, 1.165) is 17.3 Å². The predicted octanol–water partition coefficient (Wildman–Crippen LogP) is 5.51.